The molecular formula is C40H37N7O6. The Morgan fingerprint density at radius 2 is 1.66 bits per heavy atom. The summed E-state index contributed by atoms with van der Waals surface area (Å²) in [5.41, 5.74) is 4.06. The number of aromatic amines is 1. The third-order valence-corrected chi connectivity index (χ3v) is 8.95. The van der Waals surface area contributed by atoms with Gasteiger partial charge in [0.2, 0.25) is 0 Å². The summed E-state index contributed by atoms with van der Waals surface area (Å²) in [7, 11) is 4.85. The van der Waals surface area contributed by atoms with E-state index in [4.69, 9.17) is 13.9 Å². The molecular weight excluding hydrogens is 674 g/mol. The molecule has 2 amide bonds. The minimum atomic E-state index is -0.711. The van der Waals surface area contributed by atoms with E-state index in [0.29, 0.717) is 29.1 Å². The average molecular weight is 712 g/mol. The number of amides is 2. The maximum atomic E-state index is 13.7. The fourth-order valence-electron chi connectivity index (χ4n) is 6.17. The van der Waals surface area contributed by atoms with E-state index >= 15 is 0 Å². The van der Waals surface area contributed by atoms with Crippen LogP contribution in [0.2, 0.25) is 0 Å². The number of fused-ring (bicyclic) bond motifs is 2. The second-order valence-corrected chi connectivity index (χ2v) is 12.5. The van der Waals surface area contributed by atoms with E-state index in [0.717, 1.165) is 47.9 Å². The molecule has 0 unspecified atom stereocenters. The summed E-state index contributed by atoms with van der Waals surface area (Å²) >= 11 is 0. The van der Waals surface area contributed by atoms with E-state index in [1.807, 2.05) is 48.4 Å². The van der Waals surface area contributed by atoms with Crippen LogP contribution in [-0.4, -0.2) is 57.2 Å². The lowest BCUT2D eigenvalue weighted by molar-refractivity contribution is 0.0997. The molecule has 0 radical (unpaired) electrons. The van der Waals surface area contributed by atoms with Crippen LogP contribution in [0.3, 0.4) is 0 Å². The molecule has 0 saturated heterocycles. The molecule has 7 rings (SSSR count). The van der Waals surface area contributed by atoms with Gasteiger partial charge in [-0.3, -0.25) is 24.0 Å². The summed E-state index contributed by atoms with van der Waals surface area (Å²) in [5.74, 6) is 0.0609. The van der Waals surface area contributed by atoms with Gasteiger partial charge in [-0.25, -0.2) is 4.98 Å². The van der Waals surface area contributed by atoms with Gasteiger partial charge in [0.1, 0.15) is 11.4 Å². The van der Waals surface area contributed by atoms with Crippen molar-refractivity contribution in [2.24, 2.45) is 7.05 Å². The van der Waals surface area contributed by atoms with E-state index in [9.17, 15) is 14.4 Å². The summed E-state index contributed by atoms with van der Waals surface area (Å²) in [5, 5.41) is 11.4. The molecule has 0 aliphatic rings. The number of carbonyl (C=O) groups excluding carboxylic acids is 2. The molecule has 0 saturated carbocycles. The summed E-state index contributed by atoms with van der Waals surface area (Å²) in [6.07, 6.45) is 6.21. The highest BCUT2D eigenvalue weighted by atomic mass is 16.5. The highest BCUT2D eigenvalue weighted by molar-refractivity contribution is 6.12. The van der Waals surface area contributed by atoms with E-state index in [-0.39, 0.29) is 28.0 Å². The van der Waals surface area contributed by atoms with Gasteiger partial charge in [0.25, 0.3) is 11.8 Å². The molecule has 0 aliphatic carbocycles. The number of aromatic nitrogens is 4. The predicted molar refractivity (Wildman–Crippen MR) is 201 cm³/mol. The Morgan fingerprint density at radius 1 is 0.887 bits per heavy atom. The number of H-pyrrole nitrogens is 1. The number of nitrogens with one attached hydrogen (secondary N) is 3. The molecule has 13 nitrogen and oxygen atoms in total. The van der Waals surface area contributed by atoms with Crippen molar-refractivity contribution in [3.05, 3.63) is 142 Å². The molecule has 268 valence electrons. The largest absolute Gasteiger partial charge is 0.493 e. The molecule has 0 fully saturated rings. The van der Waals surface area contributed by atoms with Crippen LogP contribution in [0.1, 0.15) is 37.9 Å². The quantitative estimate of drug-likeness (QED) is 0.127. The zero-order chi connectivity index (χ0) is 36.9. The highest BCUT2D eigenvalue weighted by Crippen LogP contribution is 2.34. The molecule has 4 aromatic carbocycles. The normalized spacial score (nSPS) is 11.2. The van der Waals surface area contributed by atoms with Crippen molar-refractivity contribution in [1.82, 2.24) is 24.6 Å². The number of anilines is 2. The first-order valence-corrected chi connectivity index (χ1v) is 16.9. The number of methoxy groups -OCH3 is 2. The highest BCUT2D eigenvalue weighted by Gasteiger charge is 2.21. The standard InChI is InChI=1S/C40H37N7O6/c1-46-32-18-26(8-11-27(32)22-43-46)23-47(24-38-41-15-16-42-38)17-14-25-9-12-28(13-10-25)44-39(49)30-19-35(51-2)36(52-3)20-31(30)45-40(50)37-21-33(48)29-6-4-5-7-34(29)53-37/h4-13,15-16,18-22H,14,17,23-24H2,1-3H3,(H,41,42)(H,44,49)(H,45,50). The Bertz CT molecular complexity index is 2470. The molecule has 13 heteroatoms. The molecule has 0 bridgehead atoms. The number of carbonyl (C=O) groups is 2. The van der Waals surface area contributed by atoms with E-state index in [1.54, 1.807) is 30.5 Å². The fraction of sp³-hybridized carbons (Fsp3) is 0.175. The molecule has 0 aliphatic heterocycles. The van der Waals surface area contributed by atoms with Crippen LogP contribution in [0.5, 0.6) is 11.5 Å². The van der Waals surface area contributed by atoms with Gasteiger partial charge in [-0.1, -0.05) is 36.4 Å². The third-order valence-electron chi connectivity index (χ3n) is 8.95. The summed E-state index contributed by atoms with van der Waals surface area (Å²) in [4.78, 5) is 49.7. The molecule has 0 atom stereocenters. The first kappa shape index (κ1) is 34.7. The predicted octanol–water partition coefficient (Wildman–Crippen LogP) is 6.17. The Kier molecular flexibility index (Phi) is 9.99. The molecule has 3 aromatic heterocycles. The van der Waals surface area contributed by atoms with Crippen molar-refractivity contribution in [3.63, 3.8) is 0 Å². The van der Waals surface area contributed by atoms with Gasteiger partial charge in [0.15, 0.2) is 22.7 Å². The van der Waals surface area contributed by atoms with Crippen molar-refractivity contribution in [1.29, 1.82) is 0 Å². The van der Waals surface area contributed by atoms with Gasteiger partial charge in [-0.05, 0) is 53.9 Å². The zero-order valence-electron chi connectivity index (χ0n) is 29.4. The van der Waals surface area contributed by atoms with Crippen LogP contribution in [0.25, 0.3) is 21.9 Å². The molecule has 7 aromatic rings. The van der Waals surface area contributed by atoms with Crippen LogP contribution >= 0.6 is 0 Å². The number of rotatable bonds is 13. The van der Waals surface area contributed by atoms with Gasteiger partial charge in [-0.15, -0.1) is 0 Å². The fourth-order valence-corrected chi connectivity index (χ4v) is 6.17. The number of nitrogens with zero attached hydrogens (tertiary/aromatic N) is 4. The van der Waals surface area contributed by atoms with Crippen molar-refractivity contribution in [2.45, 2.75) is 19.5 Å². The maximum Gasteiger partial charge on any atom is 0.291 e. The van der Waals surface area contributed by atoms with Crippen molar-refractivity contribution in [3.8, 4) is 11.5 Å². The molecule has 3 N–H and O–H groups in total. The van der Waals surface area contributed by atoms with Gasteiger partial charge >= 0.3 is 0 Å². The minimum absolute atomic E-state index is 0.112. The van der Waals surface area contributed by atoms with E-state index in [1.165, 1.54) is 31.9 Å². The lowest BCUT2D eigenvalue weighted by Gasteiger charge is -2.22. The molecule has 3 heterocycles. The third kappa shape index (κ3) is 7.80. The molecule has 0 spiro atoms. The Balaban J connectivity index is 1.05. The Hall–Kier alpha value is -6.73. The second-order valence-electron chi connectivity index (χ2n) is 12.5. The van der Waals surface area contributed by atoms with Crippen LogP contribution in [0, 0.1) is 0 Å². The van der Waals surface area contributed by atoms with Crippen molar-refractivity contribution < 1.29 is 23.5 Å². The SMILES string of the molecule is COc1cc(NC(=O)c2cc(=O)c3ccccc3o2)c(C(=O)Nc2ccc(CCN(Cc3ccc4cnn(C)c4c3)Cc3ncc[nH]3)cc2)cc1OC. The first-order chi connectivity index (χ1) is 25.8. The summed E-state index contributed by atoms with van der Waals surface area (Å²) in [6, 6.07) is 24.8. The number of ether oxygens (including phenoxy) is 2. The Morgan fingerprint density at radius 3 is 2.43 bits per heavy atom. The zero-order valence-corrected chi connectivity index (χ0v) is 29.4. The topological polar surface area (TPSA) is 157 Å². The maximum absolute atomic E-state index is 13.7. The Labute approximate surface area is 304 Å². The van der Waals surface area contributed by atoms with E-state index in [2.05, 4.69) is 48.8 Å². The number of hydrogen-bond donors (Lipinski definition) is 3. The number of benzene rings is 4. The van der Waals surface area contributed by atoms with Crippen molar-refractivity contribution in [2.75, 3.05) is 31.4 Å². The van der Waals surface area contributed by atoms with Crippen molar-refractivity contribution >= 4 is 45.1 Å². The van der Waals surface area contributed by atoms with Crippen LogP contribution < -0.4 is 25.5 Å². The minimum Gasteiger partial charge on any atom is -0.493 e. The number of para-hydroxylation sites is 1. The number of aryl methyl sites for hydroxylation is 1. The van der Waals surface area contributed by atoms with Crippen LogP contribution in [0.4, 0.5) is 11.4 Å². The lowest BCUT2D eigenvalue weighted by Crippen LogP contribution is -2.26. The summed E-state index contributed by atoms with van der Waals surface area (Å²) < 4.78 is 18.5. The summed E-state index contributed by atoms with van der Waals surface area (Å²) in [6.45, 7) is 2.15. The number of hydrogen-bond acceptors (Lipinski definition) is 9. The van der Waals surface area contributed by atoms with Gasteiger partial charge in [0, 0.05) is 55.7 Å². The number of imidazole rings is 1. The first-order valence-electron chi connectivity index (χ1n) is 16.9. The smallest absolute Gasteiger partial charge is 0.291 e. The molecule has 53 heavy (non-hydrogen) atoms. The van der Waals surface area contributed by atoms with Gasteiger partial charge < -0.3 is 29.5 Å². The monoisotopic (exact) mass is 711 g/mol. The van der Waals surface area contributed by atoms with Crippen LogP contribution in [0.15, 0.2) is 113 Å². The second kappa shape index (κ2) is 15.3. The van der Waals surface area contributed by atoms with Gasteiger partial charge in [-0.2, -0.15) is 5.10 Å². The van der Waals surface area contributed by atoms with E-state index < -0.39 is 11.8 Å². The lowest BCUT2D eigenvalue weighted by atomic mass is 10.1. The van der Waals surface area contributed by atoms with Crippen LogP contribution in [-0.2, 0) is 26.6 Å². The van der Waals surface area contributed by atoms with Gasteiger partial charge in [0.05, 0.1) is 49.1 Å². The average Bonchev–Trinajstić information content (AvgIpc) is 3.83.